The van der Waals surface area contributed by atoms with E-state index in [-0.39, 0.29) is 10.6 Å². The summed E-state index contributed by atoms with van der Waals surface area (Å²) in [5, 5.41) is 10.7. The zero-order valence-corrected chi connectivity index (χ0v) is 12.3. The summed E-state index contributed by atoms with van der Waals surface area (Å²) in [6.45, 7) is 0. The molecule has 7 heteroatoms. The van der Waals surface area contributed by atoms with Crippen molar-refractivity contribution in [2.75, 3.05) is 0 Å². The summed E-state index contributed by atoms with van der Waals surface area (Å²) in [4.78, 5) is 8.05. The summed E-state index contributed by atoms with van der Waals surface area (Å²) in [7, 11) is 0. The average molecular weight is 331 g/mol. The Hall–Kier alpha value is -2.72. The van der Waals surface area contributed by atoms with Gasteiger partial charge in [-0.3, -0.25) is 4.98 Å². The zero-order chi connectivity index (χ0) is 16.4. The van der Waals surface area contributed by atoms with Crippen LogP contribution in [0, 0.1) is 11.3 Å². The molecule has 3 aromatic rings. The predicted octanol–water partition coefficient (Wildman–Crippen LogP) is 4.76. The Balaban J connectivity index is 2.01. The van der Waals surface area contributed by atoms with Crippen LogP contribution in [0.3, 0.4) is 0 Å². The topological polar surface area (TPSA) is 49.6 Å². The van der Waals surface area contributed by atoms with Gasteiger partial charge < -0.3 is 0 Å². The Morgan fingerprint density at radius 2 is 1.83 bits per heavy atom. The molecular formula is C16H8F3N3S. The van der Waals surface area contributed by atoms with Gasteiger partial charge in [0.25, 0.3) is 0 Å². The van der Waals surface area contributed by atoms with Crippen LogP contribution >= 0.6 is 11.3 Å². The lowest BCUT2D eigenvalue weighted by atomic mass is 10.1. The summed E-state index contributed by atoms with van der Waals surface area (Å²) < 4.78 is 39.2. The van der Waals surface area contributed by atoms with Crippen LogP contribution < -0.4 is 0 Å². The number of thiazole rings is 1. The Bertz CT molecular complexity index is 877. The second-order valence-corrected chi connectivity index (χ2v) is 5.50. The number of alkyl halides is 3. The number of hydrogen-bond donors (Lipinski definition) is 0. The first kappa shape index (κ1) is 15.2. The van der Waals surface area contributed by atoms with E-state index in [9.17, 15) is 13.2 Å². The molecule has 2 heterocycles. The molecule has 0 amide bonds. The molecule has 0 aliphatic carbocycles. The van der Waals surface area contributed by atoms with E-state index in [1.807, 2.05) is 6.07 Å². The van der Waals surface area contributed by atoms with Crippen LogP contribution in [0.15, 0.2) is 48.1 Å². The number of benzene rings is 1. The second-order valence-electron chi connectivity index (χ2n) is 4.65. The van der Waals surface area contributed by atoms with Gasteiger partial charge in [-0.15, -0.1) is 11.3 Å². The minimum Gasteiger partial charge on any atom is -0.264 e. The van der Waals surface area contributed by atoms with E-state index in [1.54, 1.807) is 29.6 Å². The monoisotopic (exact) mass is 331 g/mol. The van der Waals surface area contributed by atoms with Gasteiger partial charge in [-0.05, 0) is 18.2 Å². The number of rotatable bonds is 2. The van der Waals surface area contributed by atoms with Gasteiger partial charge in [0.05, 0.1) is 22.9 Å². The Kier molecular flexibility index (Phi) is 3.84. The normalized spacial score (nSPS) is 11.2. The molecule has 0 radical (unpaired) electrons. The molecule has 23 heavy (non-hydrogen) atoms. The van der Waals surface area contributed by atoms with Crippen molar-refractivity contribution in [1.29, 1.82) is 5.26 Å². The van der Waals surface area contributed by atoms with E-state index >= 15 is 0 Å². The van der Waals surface area contributed by atoms with Crippen LogP contribution in [0.1, 0.15) is 11.1 Å². The maximum Gasteiger partial charge on any atom is 0.417 e. The van der Waals surface area contributed by atoms with Gasteiger partial charge in [0.2, 0.25) is 0 Å². The molecule has 0 saturated carbocycles. The molecule has 0 N–H and O–H groups in total. The molecule has 0 aliphatic rings. The highest BCUT2D eigenvalue weighted by Crippen LogP contribution is 2.38. The van der Waals surface area contributed by atoms with Crippen LogP contribution in [-0.4, -0.2) is 9.97 Å². The molecule has 3 rings (SSSR count). The van der Waals surface area contributed by atoms with Gasteiger partial charge in [0.15, 0.2) is 0 Å². The minimum absolute atomic E-state index is 0.0371. The molecule has 0 aliphatic heterocycles. The maximum atomic E-state index is 13.1. The standard InChI is InChI=1S/C16H8F3N3S/c17-16(18,19)13-5-6-21-8-12(13)15-22-14(9-23-15)11-3-1-10(7-20)2-4-11/h1-6,8-9H. The van der Waals surface area contributed by atoms with Crippen molar-refractivity contribution in [3.63, 3.8) is 0 Å². The van der Waals surface area contributed by atoms with Crippen LogP contribution in [0.25, 0.3) is 21.8 Å². The van der Waals surface area contributed by atoms with E-state index in [0.717, 1.165) is 29.2 Å². The first-order valence-corrected chi connectivity index (χ1v) is 7.34. The fourth-order valence-corrected chi connectivity index (χ4v) is 2.91. The molecule has 0 bridgehead atoms. The zero-order valence-electron chi connectivity index (χ0n) is 11.5. The molecule has 1 aromatic carbocycles. The number of hydrogen-bond acceptors (Lipinski definition) is 4. The van der Waals surface area contributed by atoms with Crippen molar-refractivity contribution in [3.8, 4) is 27.9 Å². The molecule has 0 unspecified atom stereocenters. The molecule has 0 spiro atoms. The molecule has 2 aromatic heterocycles. The number of nitrogens with zero attached hydrogens (tertiary/aromatic N) is 3. The second kappa shape index (κ2) is 5.82. The third-order valence-corrected chi connectivity index (χ3v) is 4.05. The molecule has 0 atom stereocenters. The summed E-state index contributed by atoms with van der Waals surface area (Å²) in [5.41, 5.74) is 1.02. The predicted molar refractivity (Wildman–Crippen MR) is 80.5 cm³/mol. The van der Waals surface area contributed by atoms with E-state index in [2.05, 4.69) is 9.97 Å². The Morgan fingerprint density at radius 3 is 2.48 bits per heavy atom. The van der Waals surface area contributed by atoms with Crippen molar-refractivity contribution < 1.29 is 13.2 Å². The van der Waals surface area contributed by atoms with E-state index in [4.69, 9.17) is 5.26 Å². The summed E-state index contributed by atoms with van der Waals surface area (Å²) >= 11 is 1.12. The van der Waals surface area contributed by atoms with Crippen LogP contribution in [0.5, 0.6) is 0 Å². The van der Waals surface area contributed by atoms with Crippen LogP contribution in [0.2, 0.25) is 0 Å². The van der Waals surface area contributed by atoms with E-state index in [0.29, 0.717) is 11.3 Å². The van der Waals surface area contributed by atoms with Gasteiger partial charge in [-0.25, -0.2) is 4.98 Å². The smallest absolute Gasteiger partial charge is 0.264 e. The lowest BCUT2D eigenvalue weighted by Crippen LogP contribution is -2.07. The van der Waals surface area contributed by atoms with Gasteiger partial charge in [0.1, 0.15) is 5.01 Å². The first-order chi connectivity index (χ1) is 11.0. The van der Waals surface area contributed by atoms with Crippen molar-refractivity contribution in [2.24, 2.45) is 0 Å². The summed E-state index contributed by atoms with van der Waals surface area (Å²) in [5.74, 6) is 0. The van der Waals surface area contributed by atoms with Gasteiger partial charge >= 0.3 is 6.18 Å². The maximum absolute atomic E-state index is 13.1. The Labute approximate surface area is 133 Å². The average Bonchev–Trinajstić information content (AvgIpc) is 3.04. The fraction of sp³-hybridized carbons (Fsp3) is 0.0625. The molecule has 0 saturated heterocycles. The largest absolute Gasteiger partial charge is 0.417 e. The highest BCUT2D eigenvalue weighted by Gasteiger charge is 2.34. The molecule has 114 valence electrons. The van der Waals surface area contributed by atoms with Gasteiger partial charge in [0, 0.05) is 28.9 Å². The minimum atomic E-state index is -4.46. The first-order valence-electron chi connectivity index (χ1n) is 6.46. The Morgan fingerprint density at radius 1 is 1.09 bits per heavy atom. The van der Waals surface area contributed by atoms with Crippen LogP contribution in [0.4, 0.5) is 13.2 Å². The number of aromatic nitrogens is 2. The van der Waals surface area contributed by atoms with Crippen molar-refractivity contribution in [1.82, 2.24) is 9.97 Å². The summed E-state index contributed by atoms with van der Waals surface area (Å²) in [6, 6.07) is 9.66. The van der Waals surface area contributed by atoms with E-state index in [1.165, 1.54) is 6.20 Å². The van der Waals surface area contributed by atoms with E-state index < -0.39 is 11.7 Å². The fourth-order valence-electron chi connectivity index (χ4n) is 2.06. The number of nitriles is 1. The molecule has 0 fully saturated rings. The van der Waals surface area contributed by atoms with Gasteiger partial charge in [-0.2, -0.15) is 18.4 Å². The quantitative estimate of drug-likeness (QED) is 0.680. The number of pyridine rings is 1. The third-order valence-electron chi connectivity index (χ3n) is 3.17. The van der Waals surface area contributed by atoms with Crippen LogP contribution in [-0.2, 0) is 6.18 Å². The lowest BCUT2D eigenvalue weighted by molar-refractivity contribution is -0.137. The number of halogens is 3. The lowest BCUT2D eigenvalue weighted by Gasteiger charge is -2.09. The molecule has 3 nitrogen and oxygen atoms in total. The van der Waals surface area contributed by atoms with Crippen molar-refractivity contribution in [3.05, 3.63) is 59.2 Å². The SMILES string of the molecule is N#Cc1ccc(-c2csc(-c3cnccc3C(F)(F)F)n2)cc1. The van der Waals surface area contributed by atoms with Crippen molar-refractivity contribution >= 4 is 11.3 Å². The highest BCUT2D eigenvalue weighted by molar-refractivity contribution is 7.13. The van der Waals surface area contributed by atoms with Crippen molar-refractivity contribution in [2.45, 2.75) is 6.18 Å². The van der Waals surface area contributed by atoms with Gasteiger partial charge in [-0.1, -0.05) is 12.1 Å². The molecular weight excluding hydrogens is 323 g/mol. The highest BCUT2D eigenvalue weighted by atomic mass is 32.1. The third kappa shape index (κ3) is 3.07. The summed E-state index contributed by atoms with van der Waals surface area (Å²) in [6.07, 6.45) is -2.18.